The van der Waals surface area contributed by atoms with Gasteiger partial charge >= 0.3 is 5.97 Å². The standard InChI is InChI=1S/C9H15NO4/c1-6(11)10-7(5-14-2)3-4-8(10)9(12)13/h7-8H,3-5H2,1-2H3,(H,12,13)/t7-,8+/m0/s1. The number of hydrogen-bond acceptors (Lipinski definition) is 3. The molecule has 5 heteroatoms. The van der Waals surface area contributed by atoms with Crippen LogP contribution in [0.5, 0.6) is 0 Å². The van der Waals surface area contributed by atoms with Gasteiger partial charge < -0.3 is 14.7 Å². The summed E-state index contributed by atoms with van der Waals surface area (Å²) < 4.78 is 4.95. The van der Waals surface area contributed by atoms with Crippen LogP contribution in [0.25, 0.3) is 0 Å². The van der Waals surface area contributed by atoms with Crippen LogP contribution >= 0.6 is 0 Å². The molecule has 2 atom stereocenters. The van der Waals surface area contributed by atoms with E-state index in [4.69, 9.17) is 9.84 Å². The Balaban J connectivity index is 2.74. The third-order valence-electron chi connectivity index (χ3n) is 2.51. The van der Waals surface area contributed by atoms with Gasteiger partial charge in [0, 0.05) is 14.0 Å². The number of carbonyl (C=O) groups excluding carboxylic acids is 1. The second kappa shape index (κ2) is 4.41. The lowest BCUT2D eigenvalue weighted by molar-refractivity contribution is -0.149. The van der Waals surface area contributed by atoms with Crippen molar-refractivity contribution in [3.63, 3.8) is 0 Å². The van der Waals surface area contributed by atoms with Crippen molar-refractivity contribution >= 4 is 11.9 Å². The number of carboxylic acid groups (broad SMARTS) is 1. The monoisotopic (exact) mass is 201 g/mol. The number of likely N-dealkylation sites (tertiary alicyclic amines) is 1. The first-order valence-corrected chi connectivity index (χ1v) is 4.58. The lowest BCUT2D eigenvalue weighted by atomic mass is 10.2. The summed E-state index contributed by atoms with van der Waals surface area (Å²) in [5.41, 5.74) is 0. The number of ether oxygens (including phenoxy) is 1. The van der Waals surface area contributed by atoms with Gasteiger partial charge in [-0.2, -0.15) is 0 Å². The molecule has 1 amide bonds. The maximum Gasteiger partial charge on any atom is 0.326 e. The summed E-state index contributed by atoms with van der Waals surface area (Å²) in [5, 5.41) is 8.88. The van der Waals surface area contributed by atoms with Crippen LogP contribution in [-0.2, 0) is 14.3 Å². The Morgan fingerprint density at radius 2 is 2.14 bits per heavy atom. The Labute approximate surface area is 82.6 Å². The van der Waals surface area contributed by atoms with E-state index in [-0.39, 0.29) is 11.9 Å². The average Bonchev–Trinajstić information content (AvgIpc) is 2.48. The molecule has 1 rings (SSSR count). The van der Waals surface area contributed by atoms with Crippen molar-refractivity contribution in [3.05, 3.63) is 0 Å². The van der Waals surface area contributed by atoms with Crippen molar-refractivity contribution in [1.29, 1.82) is 0 Å². The van der Waals surface area contributed by atoms with Gasteiger partial charge in [-0.05, 0) is 12.8 Å². The first-order chi connectivity index (χ1) is 6.57. The lowest BCUT2D eigenvalue weighted by Gasteiger charge is -2.26. The van der Waals surface area contributed by atoms with E-state index in [1.54, 1.807) is 7.11 Å². The number of hydrogen-bond donors (Lipinski definition) is 1. The van der Waals surface area contributed by atoms with Crippen molar-refractivity contribution in [2.45, 2.75) is 31.8 Å². The fourth-order valence-corrected chi connectivity index (χ4v) is 1.96. The van der Waals surface area contributed by atoms with Gasteiger partial charge in [0.1, 0.15) is 6.04 Å². The van der Waals surface area contributed by atoms with E-state index < -0.39 is 12.0 Å². The van der Waals surface area contributed by atoms with Crippen LogP contribution in [0.2, 0.25) is 0 Å². The number of carbonyl (C=O) groups is 2. The maximum absolute atomic E-state index is 11.3. The van der Waals surface area contributed by atoms with Gasteiger partial charge in [-0.3, -0.25) is 4.79 Å². The van der Waals surface area contributed by atoms with Crippen LogP contribution in [0.1, 0.15) is 19.8 Å². The Kier molecular flexibility index (Phi) is 3.46. The maximum atomic E-state index is 11.3. The average molecular weight is 201 g/mol. The van der Waals surface area contributed by atoms with E-state index in [0.717, 1.165) is 0 Å². The zero-order valence-electron chi connectivity index (χ0n) is 8.40. The molecule has 0 aromatic rings. The fraction of sp³-hybridized carbons (Fsp3) is 0.778. The molecule has 0 unspecified atom stereocenters. The summed E-state index contributed by atoms with van der Waals surface area (Å²) >= 11 is 0. The van der Waals surface area contributed by atoms with Crippen molar-refractivity contribution in [2.75, 3.05) is 13.7 Å². The van der Waals surface area contributed by atoms with Crippen LogP contribution < -0.4 is 0 Å². The molecule has 0 aromatic carbocycles. The molecule has 0 saturated carbocycles. The molecular weight excluding hydrogens is 186 g/mol. The summed E-state index contributed by atoms with van der Waals surface area (Å²) in [6.07, 6.45) is 1.22. The van der Waals surface area contributed by atoms with Crippen molar-refractivity contribution in [1.82, 2.24) is 4.90 Å². The van der Waals surface area contributed by atoms with Crippen LogP contribution in [0.4, 0.5) is 0 Å². The molecule has 80 valence electrons. The second-order valence-corrected chi connectivity index (χ2v) is 3.47. The smallest absolute Gasteiger partial charge is 0.326 e. The summed E-state index contributed by atoms with van der Waals surface area (Å²) in [6.45, 7) is 1.80. The normalized spacial score (nSPS) is 26.6. The van der Waals surface area contributed by atoms with E-state index in [1.165, 1.54) is 11.8 Å². The molecule has 0 spiro atoms. The van der Waals surface area contributed by atoms with E-state index in [9.17, 15) is 9.59 Å². The SMILES string of the molecule is COC[C@@H]1CC[C@H](C(=O)O)N1C(C)=O. The molecule has 14 heavy (non-hydrogen) atoms. The lowest BCUT2D eigenvalue weighted by Crippen LogP contribution is -2.45. The van der Waals surface area contributed by atoms with E-state index in [2.05, 4.69) is 0 Å². The minimum Gasteiger partial charge on any atom is -0.480 e. The molecule has 1 heterocycles. The number of nitrogens with zero attached hydrogens (tertiary/aromatic N) is 1. The zero-order valence-corrected chi connectivity index (χ0v) is 8.40. The molecule has 5 nitrogen and oxygen atoms in total. The van der Waals surface area contributed by atoms with Gasteiger partial charge in [0.2, 0.25) is 5.91 Å². The van der Waals surface area contributed by atoms with Gasteiger partial charge in [0.15, 0.2) is 0 Å². The number of rotatable bonds is 3. The molecular formula is C9H15NO4. The third kappa shape index (κ3) is 2.04. The molecule has 0 radical (unpaired) electrons. The second-order valence-electron chi connectivity index (χ2n) is 3.47. The minimum absolute atomic E-state index is 0.0846. The fourth-order valence-electron chi connectivity index (χ4n) is 1.96. The number of aliphatic carboxylic acids is 1. The first kappa shape index (κ1) is 11.0. The Morgan fingerprint density at radius 1 is 1.50 bits per heavy atom. The molecule has 1 aliphatic rings. The third-order valence-corrected chi connectivity index (χ3v) is 2.51. The predicted octanol–water partition coefficient (Wildman–Crippen LogP) is 0.0969. The van der Waals surface area contributed by atoms with E-state index in [0.29, 0.717) is 19.4 Å². The Bertz CT molecular complexity index is 241. The highest BCUT2D eigenvalue weighted by atomic mass is 16.5. The van der Waals surface area contributed by atoms with Gasteiger partial charge in [0.05, 0.1) is 12.6 Å². The summed E-state index contributed by atoms with van der Waals surface area (Å²) in [6, 6.07) is -0.758. The van der Waals surface area contributed by atoms with Gasteiger partial charge in [-0.15, -0.1) is 0 Å². The largest absolute Gasteiger partial charge is 0.480 e. The first-order valence-electron chi connectivity index (χ1n) is 4.58. The summed E-state index contributed by atoms with van der Waals surface area (Å²) in [5.74, 6) is -1.13. The van der Waals surface area contributed by atoms with Crippen LogP contribution in [0, 0.1) is 0 Å². The topological polar surface area (TPSA) is 66.8 Å². The molecule has 0 bridgehead atoms. The highest BCUT2D eigenvalue weighted by Crippen LogP contribution is 2.24. The van der Waals surface area contributed by atoms with Gasteiger partial charge in [0.25, 0.3) is 0 Å². The van der Waals surface area contributed by atoms with Gasteiger partial charge in [-0.25, -0.2) is 4.79 Å². The minimum atomic E-state index is -0.932. The molecule has 1 saturated heterocycles. The molecule has 1 fully saturated rings. The number of methoxy groups -OCH3 is 1. The highest BCUT2D eigenvalue weighted by molar-refractivity contribution is 5.83. The molecule has 1 aliphatic heterocycles. The van der Waals surface area contributed by atoms with Crippen LogP contribution in [-0.4, -0.2) is 47.7 Å². The van der Waals surface area contributed by atoms with Crippen molar-refractivity contribution in [2.24, 2.45) is 0 Å². The summed E-state index contributed by atoms with van der Waals surface area (Å²) in [4.78, 5) is 23.5. The van der Waals surface area contributed by atoms with Crippen molar-refractivity contribution in [3.8, 4) is 0 Å². The van der Waals surface area contributed by atoms with Crippen LogP contribution in [0.3, 0.4) is 0 Å². The highest BCUT2D eigenvalue weighted by Gasteiger charge is 2.39. The van der Waals surface area contributed by atoms with Gasteiger partial charge in [-0.1, -0.05) is 0 Å². The Hall–Kier alpha value is -1.10. The molecule has 0 aliphatic carbocycles. The van der Waals surface area contributed by atoms with E-state index >= 15 is 0 Å². The number of carboxylic acids is 1. The van der Waals surface area contributed by atoms with Crippen molar-refractivity contribution < 1.29 is 19.4 Å². The molecule has 0 aromatic heterocycles. The predicted molar refractivity (Wildman–Crippen MR) is 48.8 cm³/mol. The van der Waals surface area contributed by atoms with Crippen LogP contribution in [0.15, 0.2) is 0 Å². The molecule has 1 N–H and O–H groups in total. The number of amides is 1. The zero-order chi connectivity index (χ0) is 10.7. The van der Waals surface area contributed by atoms with E-state index in [1.807, 2.05) is 0 Å². The Morgan fingerprint density at radius 3 is 2.57 bits per heavy atom. The quantitative estimate of drug-likeness (QED) is 0.703. The summed E-state index contributed by atoms with van der Waals surface area (Å²) in [7, 11) is 1.55.